The number of hydrogen-bond donors (Lipinski definition) is 2. The maximum absolute atomic E-state index is 12.7. The van der Waals surface area contributed by atoms with E-state index in [9.17, 15) is 4.79 Å². The lowest BCUT2D eigenvalue weighted by Crippen LogP contribution is -2.43. The summed E-state index contributed by atoms with van der Waals surface area (Å²) in [6, 6.07) is 7.64. The molecule has 1 saturated heterocycles. The van der Waals surface area contributed by atoms with Crippen molar-refractivity contribution in [2.24, 2.45) is 0 Å². The van der Waals surface area contributed by atoms with Gasteiger partial charge in [-0.25, -0.2) is 4.98 Å². The molecule has 2 heterocycles. The third-order valence-electron chi connectivity index (χ3n) is 5.43. The van der Waals surface area contributed by atoms with Crippen molar-refractivity contribution >= 4 is 23.3 Å². The van der Waals surface area contributed by atoms with Gasteiger partial charge in [-0.1, -0.05) is 12.1 Å². The van der Waals surface area contributed by atoms with Gasteiger partial charge in [0.05, 0.1) is 20.3 Å². The molecule has 4 rings (SSSR count). The number of imidazole rings is 1. The van der Waals surface area contributed by atoms with Gasteiger partial charge in [0.2, 0.25) is 5.95 Å². The van der Waals surface area contributed by atoms with Gasteiger partial charge in [-0.15, -0.1) is 0 Å². The molecule has 2 N–H and O–H groups in total. The molecule has 0 bridgehead atoms. The average molecular weight is 412 g/mol. The Morgan fingerprint density at radius 3 is 2.63 bits per heavy atom. The summed E-state index contributed by atoms with van der Waals surface area (Å²) in [5, 5.41) is 4.61. The monoisotopic (exact) mass is 411 g/mol. The first-order valence-electron chi connectivity index (χ1n) is 10.3. The number of morpholine rings is 1. The standard InChI is InChI=1S/C22H29N5O3/c1-26(2)14-15-4-6-16(7-5-15)21(28)25-22-23-19-17(27-10-12-30-13-11-27)8-9-18(29-3)20(19)24-22/h4-7H,8-14H2,1-3H3,(H2,23,24,25,28). The van der Waals surface area contributed by atoms with Gasteiger partial charge in [-0.2, -0.15) is 0 Å². The number of aromatic amines is 1. The van der Waals surface area contributed by atoms with E-state index in [1.807, 2.05) is 38.4 Å². The number of benzene rings is 1. The molecule has 0 spiro atoms. The number of carbonyl (C=O) groups excluding carboxylic acids is 1. The molecule has 1 aliphatic heterocycles. The largest absolute Gasteiger partial charge is 0.499 e. The van der Waals surface area contributed by atoms with Gasteiger partial charge in [-0.3, -0.25) is 10.1 Å². The van der Waals surface area contributed by atoms with Crippen molar-refractivity contribution in [3.8, 4) is 0 Å². The number of carbonyl (C=O) groups is 1. The van der Waals surface area contributed by atoms with Crippen molar-refractivity contribution in [1.29, 1.82) is 0 Å². The van der Waals surface area contributed by atoms with Gasteiger partial charge in [0.15, 0.2) is 0 Å². The second kappa shape index (κ2) is 8.89. The molecule has 0 unspecified atom stereocenters. The van der Waals surface area contributed by atoms with E-state index in [0.29, 0.717) is 11.5 Å². The maximum Gasteiger partial charge on any atom is 0.257 e. The average Bonchev–Trinajstić information content (AvgIpc) is 3.17. The number of amides is 1. The number of methoxy groups -OCH3 is 1. The molecule has 0 atom stereocenters. The summed E-state index contributed by atoms with van der Waals surface area (Å²) in [4.78, 5) is 25.1. The summed E-state index contributed by atoms with van der Waals surface area (Å²) in [7, 11) is 5.72. The van der Waals surface area contributed by atoms with Gasteiger partial charge >= 0.3 is 0 Å². The Morgan fingerprint density at radius 1 is 1.23 bits per heavy atom. The summed E-state index contributed by atoms with van der Waals surface area (Å²) < 4.78 is 11.1. The maximum atomic E-state index is 12.7. The summed E-state index contributed by atoms with van der Waals surface area (Å²) >= 11 is 0. The van der Waals surface area contributed by atoms with Crippen molar-refractivity contribution in [1.82, 2.24) is 19.8 Å². The van der Waals surface area contributed by atoms with Crippen LogP contribution in [0.5, 0.6) is 0 Å². The summed E-state index contributed by atoms with van der Waals surface area (Å²) in [6.45, 7) is 3.98. The molecular weight excluding hydrogens is 382 g/mol. The smallest absolute Gasteiger partial charge is 0.257 e. The minimum atomic E-state index is -0.190. The van der Waals surface area contributed by atoms with Crippen LogP contribution in [0.15, 0.2) is 24.3 Å². The third kappa shape index (κ3) is 4.34. The van der Waals surface area contributed by atoms with E-state index in [1.165, 1.54) is 5.70 Å². The minimum Gasteiger partial charge on any atom is -0.499 e. The van der Waals surface area contributed by atoms with E-state index in [-0.39, 0.29) is 5.91 Å². The Kier molecular flexibility index (Phi) is 6.06. The van der Waals surface area contributed by atoms with Crippen molar-refractivity contribution < 1.29 is 14.3 Å². The van der Waals surface area contributed by atoms with Gasteiger partial charge in [0, 0.05) is 37.3 Å². The van der Waals surface area contributed by atoms with Crippen molar-refractivity contribution in [3.63, 3.8) is 0 Å². The minimum absolute atomic E-state index is 0.190. The van der Waals surface area contributed by atoms with E-state index >= 15 is 0 Å². The number of nitrogens with one attached hydrogen (secondary N) is 2. The fourth-order valence-corrected chi connectivity index (χ4v) is 3.97. The lowest BCUT2D eigenvalue weighted by molar-refractivity contribution is 0.0618. The van der Waals surface area contributed by atoms with Crippen molar-refractivity contribution in [2.75, 3.05) is 52.8 Å². The van der Waals surface area contributed by atoms with Crippen LogP contribution in [0.3, 0.4) is 0 Å². The number of anilines is 1. The van der Waals surface area contributed by atoms with E-state index in [1.54, 1.807) is 7.11 Å². The fourth-order valence-electron chi connectivity index (χ4n) is 3.97. The molecule has 8 nitrogen and oxygen atoms in total. The molecular formula is C22H29N5O3. The van der Waals surface area contributed by atoms with Crippen LogP contribution in [0, 0.1) is 0 Å². The highest BCUT2D eigenvalue weighted by Crippen LogP contribution is 2.19. The molecule has 160 valence electrons. The highest BCUT2D eigenvalue weighted by molar-refractivity contribution is 6.03. The molecule has 1 aliphatic carbocycles. The van der Waals surface area contributed by atoms with Crippen molar-refractivity contribution in [3.05, 3.63) is 46.1 Å². The number of rotatable bonds is 6. The highest BCUT2D eigenvalue weighted by atomic mass is 16.5. The topological polar surface area (TPSA) is 82.7 Å². The fraction of sp³-hybridized carbons (Fsp3) is 0.455. The Morgan fingerprint density at radius 2 is 1.97 bits per heavy atom. The van der Waals surface area contributed by atoms with Crippen LogP contribution in [0.4, 0.5) is 5.95 Å². The quantitative estimate of drug-likeness (QED) is 0.729. The van der Waals surface area contributed by atoms with Crippen LogP contribution in [0.2, 0.25) is 0 Å². The van der Waals surface area contributed by atoms with E-state index in [4.69, 9.17) is 14.5 Å². The van der Waals surface area contributed by atoms with Gasteiger partial charge in [0.1, 0.15) is 16.5 Å². The molecule has 0 saturated carbocycles. The Bertz CT molecular complexity index is 1020. The molecule has 1 aromatic carbocycles. The number of ether oxygens (including phenoxy) is 2. The first-order chi connectivity index (χ1) is 14.5. The van der Waals surface area contributed by atoms with Crippen LogP contribution < -0.4 is 16.0 Å². The zero-order valence-corrected chi connectivity index (χ0v) is 17.8. The predicted octanol–water partition coefficient (Wildman–Crippen LogP) is 0.712. The van der Waals surface area contributed by atoms with Gasteiger partial charge < -0.3 is 24.3 Å². The zero-order chi connectivity index (χ0) is 21.1. The number of fused-ring (bicyclic) bond motifs is 1. The molecule has 1 fully saturated rings. The van der Waals surface area contributed by atoms with E-state index in [2.05, 4.69) is 20.1 Å². The summed E-state index contributed by atoms with van der Waals surface area (Å²) in [6.07, 6.45) is 1.67. The second-order valence-electron chi connectivity index (χ2n) is 7.87. The number of H-pyrrole nitrogens is 1. The Hall–Kier alpha value is -2.84. The SMILES string of the molecule is COC1=c2[nH]c(NC(=O)c3ccc(CN(C)C)cc3)nc2=C(N2CCOCC2)CC1. The molecule has 2 aromatic rings. The van der Waals surface area contributed by atoms with Crippen LogP contribution >= 0.6 is 0 Å². The summed E-state index contributed by atoms with van der Waals surface area (Å²) in [5.41, 5.74) is 2.94. The Balaban J connectivity index is 1.60. The molecule has 2 aliphatic rings. The molecule has 0 radical (unpaired) electrons. The normalized spacial score (nSPS) is 16.6. The molecule has 1 aromatic heterocycles. The van der Waals surface area contributed by atoms with Crippen LogP contribution in [-0.2, 0) is 16.0 Å². The first kappa shape index (κ1) is 20.4. The third-order valence-corrected chi connectivity index (χ3v) is 5.43. The Labute approximate surface area is 176 Å². The van der Waals surface area contributed by atoms with E-state index in [0.717, 1.165) is 67.7 Å². The highest BCUT2D eigenvalue weighted by Gasteiger charge is 2.22. The molecule has 30 heavy (non-hydrogen) atoms. The lowest BCUT2D eigenvalue weighted by Gasteiger charge is -2.31. The van der Waals surface area contributed by atoms with Crippen LogP contribution in [0.1, 0.15) is 28.8 Å². The van der Waals surface area contributed by atoms with Crippen LogP contribution in [-0.4, -0.2) is 73.2 Å². The van der Waals surface area contributed by atoms with E-state index < -0.39 is 0 Å². The molecule has 8 heteroatoms. The summed E-state index contributed by atoms with van der Waals surface area (Å²) in [5.74, 6) is 1.11. The number of hydrogen-bond acceptors (Lipinski definition) is 6. The van der Waals surface area contributed by atoms with Crippen LogP contribution in [0.25, 0.3) is 11.5 Å². The van der Waals surface area contributed by atoms with Crippen molar-refractivity contribution in [2.45, 2.75) is 19.4 Å². The second-order valence-corrected chi connectivity index (χ2v) is 7.87. The molecule has 1 amide bonds. The number of aromatic nitrogens is 2. The lowest BCUT2D eigenvalue weighted by atomic mass is 10.1. The predicted molar refractivity (Wildman–Crippen MR) is 115 cm³/mol. The number of nitrogens with zero attached hydrogens (tertiary/aromatic N) is 3. The first-order valence-corrected chi connectivity index (χ1v) is 10.3. The van der Waals surface area contributed by atoms with Gasteiger partial charge in [0.25, 0.3) is 5.91 Å². The van der Waals surface area contributed by atoms with Gasteiger partial charge in [-0.05, 0) is 38.2 Å². The zero-order valence-electron chi connectivity index (χ0n) is 17.8.